The normalized spacial score (nSPS) is 12.2. The molecule has 0 bridgehead atoms. The van der Waals surface area contributed by atoms with Crippen LogP contribution < -0.4 is 10.5 Å². The highest BCUT2D eigenvalue weighted by molar-refractivity contribution is 6.31. The minimum absolute atomic E-state index is 0.0291. The lowest BCUT2D eigenvalue weighted by atomic mass is 10.1. The Morgan fingerprint density at radius 2 is 2.25 bits per heavy atom. The number of hydrogen-bond acceptors (Lipinski definition) is 2. The van der Waals surface area contributed by atoms with Crippen LogP contribution in [0.1, 0.15) is 12.5 Å². The summed E-state index contributed by atoms with van der Waals surface area (Å²) in [5.41, 5.74) is 6.67. The van der Waals surface area contributed by atoms with E-state index in [4.69, 9.17) is 33.7 Å². The van der Waals surface area contributed by atoms with Crippen molar-refractivity contribution in [3.8, 4) is 5.75 Å². The van der Waals surface area contributed by atoms with Gasteiger partial charge in [-0.3, -0.25) is 0 Å². The van der Waals surface area contributed by atoms with Crippen LogP contribution in [0.5, 0.6) is 5.75 Å². The van der Waals surface area contributed by atoms with E-state index in [0.717, 1.165) is 5.56 Å². The average Bonchev–Trinajstić information content (AvgIpc) is 2.18. The Balaban J connectivity index is 2.89. The van der Waals surface area contributed by atoms with Gasteiger partial charge < -0.3 is 10.5 Å². The van der Waals surface area contributed by atoms with Gasteiger partial charge >= 0.3 is 0 Å². The summed E-state index contributed by atoms with van der Waals surface area (Å²) >= 11 is 11.7. The zero-order valence-corrected chi connectivity index (χ0v) is 10.7. The second-order valence-electron chi connectivity index (χ2n) is 3.70. The van der Waals surface area contributed by atoms with E-state index in [9.17, 15) is 0 Å². The van der Waals surface area contributed by atoms with Gasteiger partial charge in [-0.25, -0.2) is 0 Å². The van der Waals surface area contributed by atoms with Crippen LogP contribution in [0, 0.1) is 0 Å². The average molecular weight is 260 g/mol. The van der Waals surface area contributed by atoms with Crippen molar-refractivity contribution in [2.75, 3.05) is 6.61 Å². The van der Waals surface area contributed by atoms with Gasteiger partial charge in [0, 0.05) is 21.7 Å². The molecule has 0 saturated heterocycles. The van der Waals surface area contributed by atoms with Crippen molar-refractivity contribution >= 4 is 23.2 Å². The highest BCUT2D eigenvalue weighted by Gasteiger charge is 2.10. The van der Waals surface area contributed by atoms with Crippen molar-refractivity contribution in [1.29, 1.82) is 0 Å². The first-order valence-electron chi connectivity index (χ1n) is 4.99. The molecule has 0 fully saturated rings. The standard InChI is InChI=1S/C12H15Cl2NO/c1-8(13)7-16-12-5-3-4-11(14)10(12)6-9(2)15/h3-5,9H,1,6-7,15H2,2H3. The molecule has 16 heavy (non-hydrogen) atoms. The molecule has 1 atom stereocenters. The number of nitrogens with two attached hydrogens (primary N) is 1. The van der Waals surface area contributed by atoms with Crippen LogP contribution in [0.15, 0.2) is 29.8 Å². The molecule has 1 aromatic rings. The molecular weight excluding hydrogens is 245 g/mol. The molecule has 1 unspecified atom stereocenters. The van der Waals surface area contributed by atoms with Gasteiger partial charge in [-0.1, -0.05) is 35.8 Å². The largest absolute Gasteiger partial charge is 0.488 e. The summed E-state index contributed by atoms with van der Waals surface area (Å²) in [6, 6.07) is 5.53. The SMILES string of the molecule is C=C(Cl)COc1cccc(Cl)c1CC(C)N. The Morgan fingerprint density at radius 3 is 2.81 bits per heavy atom. The number of ether oxygens (including phenoxy) is 1. The van der Waals surface area contributed by atoms with E-state index in [-0.39, 0.29) is 12.6 Å². The third-order valence-corrected chi connectivity index (χ3v) is 2.45. The van der Waals surface area contributed by atoms with Gasteiger partial charge in [0.1, 0.15) is 12.4 Å². The zero-order chi connectivity index (χ0) is 12.1. The third-order valence-electron chi connectivity index (χ3n) is 1.99. The topological polar surface area (TPSA) is 35.2 Å². The van der Waals surface area contributed by atoms with Crippen molar-refractivity contribution in [1.82, 2.24) is 0 Å². The van der Waals surface area contributed by atoms with Gasteiger partial charge in [0.05, 0.1) is 0 Å². The minimum Gasteiger partial charge on any atom is -0.488 e. The molecule has 2 nitrogen and oxygen atoms in total. The van der Waals surface area contributed by atoms with Crippen LogP contribution in [0.3, 0.4) is 0 Å². The van der Waals surface area contributed by atoms with Crippen LogP contribution in [0.25, 0.3) is 0 Å². The summed E-state index contributed by atoms with van der Waals surface area (Å²) in [6.45, 7) is 5.76. The van der Waals surface area contributed by atoms with Crippen LogP contribution >= 0.6 is 23.2 Å². The van der Waals surface area contributed by atoms with E-state index in [1.807, 2.05) is 25.1 Å². The Hall–Kier alpha value is -0.700. The molecule has 0 heterocycles. The van der Waals surface area contributed by atoms with Crippen LogP contribution in [0.4, 0.5) is 0 Å². The Kier molecular flexibility index (Phi) is 5.13. The van der Waals surface area contributed by atoms with Gasteiger partial charge in [-0.05, 0) is 25.5 Å². The molecule has 0 aliphatic heterocycles. The molecular formula is C12H15Cl2NO. The van der Waals surface area contributed by atoms with Gasteiger partial charge in [0.25, 0.3) is 0 Å². The van der Waals surface area contributed by atoms with E-state index in [1.165, 1.54) is 0 Å². The maximum atomic E-state index is 6.10. The molecule has 0 aliphatic carbocycles. The van der Waals surface area contributed by atoms with Crippen molar-refractivity contribution in [2.45, 2.75) is 19.4 Å². The van der Waals surface area contributed by atoms with E-state index >= 15 is 0 Å². The fraction of sp³-hybridized carbons (Fsp3) is 0.333. The quantitative estimate of drug-likeness (QED) is 0.881. The molecule has 0 saturated carbocycles. The molecule has 1 rings (SSSR count). The summed E-state index contributed by atoms with van der Waals surface area (Å²) in [4.78, 5) is 0. The second-order valence-corrected chi connectivity index (χ2v) is 4.65. The number of halogens is 2. The maximum absolute atomic E-state index is 6.10. The molecule has 4 heteroatoms. The molecule has 2 N–H and O–H groups in total. The van der Waals surface area contributed by atoms with Crippen LogP contribution in [-0.2, 0) is 6.42 Å². The molecule has 0 spiro atoms. The minimum atomic E-state index is 0.0291. The second kappa shape index (κ2) is 6.14. The zero-order valence-electron chi connectivity index (χ0n) is 9.17. The van der Waals surface area contributed by atoms with E-state index < -0.39 is 0 Å². The lowest BCUT2D eigenvalue weighted by molar-refractivity contribution is 0.354. The third kappa shape index (κ3) is 4.05. The summed E-state index contributed by atoms with van der Waals surface area (Å²) in [6.07, 6.45) is 0.670. The smallest absolute Gasteiger partial charge is 0.124 e. The molecule has 88 valence electrons. The van der Waals surface area contributed by atoms with Crippen molar-refractivity contribution in [2.24, 2.45) is 5.73 Å². The first-order chi connectivity index (χ1) is 7.50. The Bertz CT molecular complexity index is 377. The lowest BCUT2D eigenvalue weighted by Crippen LogP contribution is -2.18. The molecule has 1 aromatic carbocycles. The van der Waals surface area contributed by atoms with Crippen molar-refractivity contribution in [3.05, 3.63) is 40.4 Å². The fourth-order valence-corrected chi connectivity index (χ4v) is 1.65. The summed E-state index contributed by atoms with van der Waals surface area (Å²) < 4.78 is 5.51. The fourth-order valence-electron chi connectivity index (χ4n) is 1.35. The van der Waals surface area contributed by atoms with Crippen molar-refractivity contribution < 1.29 is 4.74 Å². The Morgan fingerprint density at radius 1 is 1.56 bits per heavy atom. The summed E-state index contributed by atoms with van der Waals surface area (Å²) in [5.74, 6) is 0.714. The monoisotopic (exact) mass is 259 g/mol. The summed E-state index contributed by atoms with van der Waals surface area (Å²) in [7, 11) is 0. The maximum Gasteiger partial charge on any atom is 0.124 e. The lowest BCUT2D eigenvalue weighted by Gasteiger charge is -2.14. The van der Waals surface area contributed by atoms with Crippen LogP contribution in [-0.4, -0.2) is 12.6 Å². The predicted octanol–water partition coefficient (Wildman–Crippen LogP) is 3.36. The van der Waals surface area contributed by atoms with Crippen molar-refractivity contribution in [3.63, 3.8) is 0 Å². The van der Waals surface area contributed by atoms with Gasteiger partial charge in [-0.2, -0.15) is 0 Å². The number of hydrogen-bond donors (Lipinski definition) is 1. The van der Waals surface area contributed by atoms with Gasteiger partial charge in [0.15, 0.2) is 0 Å². The van der Waals surface area contributed by atoms with Crippen LogP contribution in [0.2, 0.25) is 5.02 Å². The first kappa shape index (κ1) is 13.4. The molecule has 0 amide bonds. The first-order valence-corrected chi connectivity index (χ1v) is 5.75. The van der Waals surface area contributed by atoms with Gasteiger partial charge in [0.2, 0.25) is 0 Å². The molecule has 0 aliphatic rings. The number of rotatable bonds is 5. The summed E-state index contributed by atoms with van der Waals surface area (Å²) in [5, 5.41) is 1.11. The molecule has 0 radical (unpaired) electrons. The Labute approximate surface area is 106 Å². The predicted molar refractivity (Wildman–Crippen MR) is 69.3 cm³/mol. The van der Waals surface area contributed by atoms with E-state index in [2.05, 4.69) is 6.58 Å². The molecule has 0 aromatic heterocycles. The highest BCUT2D eigenvalue weighted by atomic mass is 35.5. The van der Waals surface area contributed by atoms with E-state index in [0.29, 0.717) is 22.2 Å². The number of benzene rings is 1. The highest BCUT2D eigenvalue weighted by Crippen LogP contribution is 2.27. The van der Waals surface area contributed by atoms with E-state index in [1.54, 1.807) is 0 Å². The van der Waals surface area contributed by atoms with Gasteiger partial charge in [-0.15, -0.1) is 0 Å².